The second-order valence-corrected chi connectivity index (χ2v) is 7.25. The molecule has 1 saturated heterocycles. The Morgan fingerprint density at radius 1 is 1.29 bits per heavy atom. The first-order valence-electron chi connectivity index (χ1n) is 10.0. The standard InChI is InChI=1S/C21H33N3O4/c1-4-28-20(25)14-22-21(26)23(2)15-18-6-5-12-24(16-18)13-11-17-7-9-19(27-3)10-8-17/h7-10,18H,4-6,11-16H2,1-3H3,(H,22,26)/t18-/m0/s1. The van der Waals surface area contributed by atoms with Gasteiger partial charge in [0.2, 0.25) is 0 Å². The van der Waals surface area contributed by atoms with Crippen molar-refractivity contribution in [3.8, 4) is 5.75 Å². The highest BCUT2D eigenvalue weighted by Crippen LogP contribution is 2.18. The molecule has 1 N–H and O–H groups in total. The number of ether oxygens (including phenoxy) is 2. The summed E-state index contributed by atoms with van der Waals surface area (Å²) in [6.07, 6.45) is 3.27. The molecule has 0 unspecified atom stereocenters. The molecule has 1 aromatic carbocycles. The molecule has 156 valence electrons. The van der Waals surface area contributed by atoms with Crippen molar-refractivity contribution in [2.24, 2.45) is 5.92 Å². The summed E-state index contributed by atoms with van der Waals surface area (Å²) in [6, 6.07) is 7.99. The number of carbonyl (C=O) groups excluding carboxylic acids is 2. The topological polar surface area (TPSA) is 71.1 Å². The van der Waals surface area contributed by atoms with Gasteiger partial charge in [0, 0.05) is 26.7 Å². The second kappa shape index (κ2) is 11.5. The quantitative estimate of drug-likeness (QED) is 0.653. The van der Waals surface area contributed by atoms with Gasteiger partial charge in [0.25, 0.3) is 0 Å². The zero-order chi connectivity index (χ0) is 20.4. The number of piperidine rings is 1. The number of nitrogens with one attached hydrogen (secondary N) is 1. The molecule has 2 rings (SSSR count). The van der Waals surface area contributed by atoms with Crippen LogP contribution in [0.3, 0.4) is 0 Å². The first-order valence-corrected chi connectivity index (χ1v) is 10.0. The van der Waals surface area contributed by atoms with Crippen LogP contribution >= 0.6 is 0 Å². The Morgan fingerprint density at radius 3 is 2.71 bits per heavy atom. The van der Waals surface area contributed by atoms with Crippen LogP contribution in [0.2, 0.25) is 0 Å². The fourth-order valence-electron chi connectivity index (χ4n) is 3.55. The van der Waals surface area contributed by atoms with Gasteiger partial charge in [0.15, 0.2) is 0 Å². The van der Waals surface area contributed by atoms with Crippen molar-refractivity contribution in [1.82, 2.24) is 15.1 Å². The lowest BCUT2D eigenvalue weighted by atomic mass is 9.97. The fourth-order valence-corrected chi connectivity index (χ4v) is 3.55. The van der Waals surface area contributed by atoms with E-state index in [1.807, 2.05) is 12.1 Å². The highest BCUT2D eigenvalue weighted by Gasteiger charge is 2.22. The summed E-state index contributed by atoms with van der Waals surface area (Å²) in [5, 5.41) is 2.61. The summed E-state index contributed by atoms with van der Waals surface area (Å²) in [5.41, 5.74) is 1.30. The average Bonchev–Trinajstić information content (AvgIpc) is 2.71. The molecule has 1 atom stereocenters. The molecule has 0 aromatic heterocycles. The van der Waals surface area contributed by atoms with Crippen LogP contribution in [-0.2, 0) is 16.0 Å². The Hall–Kier alpha value is -2.28. The van der Waals surface area contributed by atoms with Crippen molar-refractivity contribution in [3.63, 3.8) is 0 Å². The van der Waals surface area contributed by atoms with Crippen molar-refractivity contribution in [2.45, 2.75) is 26.2 Å². The molecule has 1 aliphatic heterocycles. The molecular formula is C21H33N3O4. The molecule has 0 bridgehead atoms. The van der Waals surface area contributed by atoms with Crippen LogP contribution in [0.5, 0.6) is 5.75 Å². The van der Waals surface area contributed by atoms with Crippen LogP contribution in [0.25, 0.3) is 0 Å². The Balaban J connectivity index is 1.72. The minimum absolute atomic E-state index is 0.0876. The van der Waals surface area contributed by atoms with Crippen LogP contribution in [-0.4, -0.2) is 75.3 Å². The van der Waals surface area contributed by atoms with Gasteiger partial charge in [-0.25, -0.2) is 4.79 Å². The summed E-state index contributed by atoms with van der Waals surface area (Å²) >= 11 is 0. The number of rotatable bonds is 9. The largest absolute Gasteiger partial charge is 0.497 e. The van der Waals surface area contributed by atoms with Crippen molar-refractivity contribution < 1.29 is 19.1 Å². The van der Waals surface area contributed by atoms with Gasteiger partial charge in [-0.3, -0.25) is 4.79 Å². The van der Waals surface area contributed by atoms with Crippen molar-refractivity contribution in [3.05, 3.63) is 29.8 Å². The third-order valence-corrected chi connectivity index (χ3v) is 5.05. The van der Waals surface area contributed by atoms with E-state index in [9.17, 15) is 9.59 Å². The minimum atomic E-state index is -0.411. The van der Waals surface area contributed by atoms with E-state index in [0.717, 1.165) is 44.6 Å². The maximum absolute atomic E-state index is 12.2. The number of nitrogens with zero attached hydrogens (tertiary/aromatic N) is 2. The molecule has 28 heavy (non-hydrogen) atoms. The molecule has 1 fully saturated rings. The lowest BCUT2D eigenvalue weighted by Gasteiger charge is -2.34. The number of methoxy groups -OCH3 is 1. The van der Waals surface area contributed by atoms with Gasteiger partial charge in [-0.15, -0.1) is 0 Å². The van der Waals surface area contributed by atoms with E-state index in [0.29, 0.717) is 19.1 Å². The van der Waals surface area contributed by atoms with E-state index in [1.54, 1.807) is 26.0 Å². The number of urea groups is 1. The van der Waals surface area contributed by atoms with E-state index >= 15 is 0 Å². The predicted molar refractivity (Wildman–Crippen MR) is 109 cm³/mol. The molecule has 1 aromatic rings. The third kappa shape index (κ3) is 7.38. The zero-order valence-electron chi connectivity index (χ0n) is 17.3. The molecule has 0 saturated carbocycles. The number of hydrogen-bond donors (Lipinski definition) is 1. The van der Waals surface area contributed by atoms with Crippen LogP contribution in [0.15, 0.2) is 24.3 Å². The lowest BCUT2D eigenvalue weighted by molar-refractivity contribution is -0.141. The van der Waals surface area contributed by atoms with Gasteiger partial charge in [0.1, 0.15) is 12.3 Å². The Labute approximate surface area is 168 Å². The highest BCUT2D eigenvalue weighted by atomic mass is 16.5. The van der Waals surface area contributed by atoms with Crippen LogP contribution < -0.4 is 10.1 Å². The molecular weight excluding hydrogens is 358 g/mol. The summed E-state index contributed by atoms with van der Waals surface area (Å²) in [4.78, 5) is 27.7. The summed E-state index contributed by atoms with van der Waals surface area (Å²) < 4.78 is 10.0. The van der Waals surface area contributed by atoms with E-state index < -0.39 is 5.97 Å². The molecule has 2 amide bonds. The van der Waals surface area contributed by atoms with Gasteiger partial charge < -0.3 is 24.6 Å². The SMILES string of the molecule is CCOC(=O)CNC(=O)N(C)C[C@@H]1CCCN(CCc2ccc(OC)cc2)C1. The first-order chi connectivity index (χ1) is 13.5. The molecule has 1 heterocycles. The number of hydrogen-bond acceptors (Lipinski definition) is 5. The Bertz CT molecular complexity index is 621. The highest BCUT2D eigenvalue weighted by molar-refractivity contribution is 5.80. The first kappa shape index (κ1) is 22.0. The maximum atomic E-state index is 12.2. The van der Waals surface area contributed by atoms with E-state index in [-0.39, 0.29) is 12.6 Å². The maximum Gasteiger partial charge on any atom is 0.325 e. The predicted octanol–water partition coefficient (Wildman–Crippen LogP) is 2.15. The van der Waals surface area contributed by atoms with Gasteiger partial charge >= 0.3 is 12.0 Å². The van der Waals surface area contributed by atoms with E-state index in [4.69, 9.17) is 9.47 Å². The van der Waals surface area contributed by atoms with Crippen LogP contribution in [0.1, 0.15) is 25.3 Å². The van der Waals surface area contributed by atoms with Crippen LogP contribution in [0, 0.1) is 5.92 Å². The normalized spacial score (nSPS) is 17.0. The van der Waals surface area contributed by atoms with E-state index in [2.05, 4.69) is 22.3 Å². The number of amides is 2. The zero-order valence-corrected chi connectivity index (χ0v) is 17.3. The average molecular weight is 392 g/mol. The number of likely N-dealkylation sites (tertiary alicyclic amines) is 1. The Morgan fingerprint density at radius 2 is 2.04 bits per heavy atom. The molecule has 1 aliphatic rings. The number of esters is 1. The summed E-state index contributed by atoms with van der Waals surface area (Å²) in [7, 11) is 3.45. The van der Waals surface area contributed by atoms with Crippen molar-refractivity contribution >= 4 is 12.0 Å². The molecule has 7 nitrogen and oxygen atoms in total. The third-order valence-electron chi connectivity index (χ3n) is 5.05. The number of benzene rings is 1. The van der Waals surface area contributed by atoms with Crippen LogP contribution in [0.4, 0.5) is 4.79 Å². The van der Waals surface area contributed by atoms with E-state index in [1.165, 1.54) is 5.56 Å². The van der Waals surface area contributed by atoms with Gasteiger partial charge in [0.05, 0.1) is 13.7 Å². The molecule has 0 spiro atoms. The Kier molecular flexibility index (Phi) is 9.07. The van der Waals surface area contributed by atoms with Crippen molar-refractivity contribution in [1.29, 1.82) is 0 Å². The lowest BCUT2D eigenvalue weighted by Crippen LogP contribution is -2.45. The van der Waals surface area contributed by atoms with Gasteiger partial charge in [-0.1, -0.05) is 12.1 Å². The summed E-state index contributed by atoms with van der Waals surface area (Å²) in [6.45, 7) is 5.77. The van der Waals surface area contributed by atoms with Gasteiger partial charge in [-0.2, -0.15) is 0 Å². The fraction of sp³-hybridized carbons (Fsp3) is 0.619. The molecule has 0 radical (unpaired) electrons. The smallest absolute Gasteiger partial charge is 0.325 e. The summed E-state index contributed by atoms with van der Waals surface area (Å²) in [5.74, 6) is 0.917. The molecule has 0 aliphatic carbocycles. The monoisotopic (exact) mass is 391 g/mol. The molecule has 7 heteroatoms. The van der Waals surface area contributed by atoms with Crippen molar-refractivity contribution in [2.75, 3.05) is 53.5 Å². The minimum Gasteiger partial charge on any atom is -0.497 e. The second-order valence-electron chi connectivity index (χ2n) is 7.25. The van der Waals surface area contributed by atoms with Gasteiger partial charge in [-0.05, 0) is 56.3 Å². The number of carbonyl (C=O) groups is 2.